The van der Waals surface area contributed by atoms with Crippen LogP contribution < -0.4 is 10.1 Å². The minimum Gasteiger partial charge on any atom is -0.481 e. The Morgan fingerprint density at radius 2 is 1.90 bits per heavy atom. The molecule has 2 aromatic rings. The first kappa shape index (κ1) is 22.4. The SMILES string of the molecule is CCCNC(=O)[C@@H](CC)N(Cc1cccc(C)c1)C(=O)COc1ccccc1F. The number of carbonyl (C=O) groups excluding carboxylic acids is 2. The lowest BCUT2D eigenvalue weighted by atomic mass is 10.1. The molecule has 0 radical (unpaired) electrons. The maximum Gasteiger partial charge on any atom is 0.261 e. The van der Waals surface area contributed by atoms with Crippen LogP contribution in [0, 0.1) is 12.7 Å². The van der Waals surface area contributed by atoms with Crippen LogP contribution in [0.25, 0.3) is 0 Å². The molecule has 2 aromatic carbocycles. The molecule has 29 heavy (non-hydrogen) atoms. The number of benzene rings is 2. The van der Waals surface area contributed by atoms with Gasteiger partial charge in [-0.05, 0) is 37.5 Å². The van der Waals surface area contributed by atoms with E-state index < -0.39 is 11.9 Å². The summed E-state index contributed by atoms with van der Waals surface area (Å²) >= 11 is 0. The molecular formula is C23H29FN2O3. The van der Waals surface area contributed by atoms with Gasteiger partial charge in [0, 0.05) is 13.1 Å². The van der Waals surface area contributed by atoms with Crippen LogP contribution in [0.1, 0.15) is 37.8 Å². The summed E-state index contributed by atoms with van der Waals surface area (Å²) < 4.78 is 19.2. The summed E-state index contributed by atoms with van der Waals surface area (Å²) in [5.41, 5.74) is 1.99. The first-order valence-electron chi connectivity index (χ1n) is 9.96. The van der Waals surface area contributed by atoms with Crippen molar-refractivity contribution in [3.63, 3.8) is 0 Å². The number of para-hydroxylation sites is 1. The highest BCUT2D eigenvalue weighted by atomic mass is 19.1. The Morgan fingerprint density at radius 3 is 2.55 bits per heavy atom. The van der Waals surface area contributed by atoms with Gasteiger partial charge in [0.25, 0.3) is 5.91 Å². The molecule has 0 aliphatic rings. The summed E-state index contributed by atoms with van der Waals surface area (Å²) in [6.07, 6.45) is 1.27. The van der Waals surface area contributed by atoms with Crippen LogP contribution in [0.5, 0.6) is 5.75 Å². The highest BCUT2D eigenvalue weighted by Crippen LogP contribution is 2.17. The van der Waals surface area contributed by atoms with Crippen molar-refractivity contribution >= 4 is 11.8 Å². The number of nitrogens with one attached hydrogen (secondary N) is 1. The molecule has 0 bridgehead atoms. The summed E-state index contributed by atoms with van der Waals surface area (Å²) in [6.45, 7) is 6.29. The Balaban J connectivity index is 2.20. The van der Waals surface area contributed by atoms with E-state index in [1.54, 1.807) is 12.1 Å². The van der Waals surface area contributed by atoms with Gasteiger partial charge in [0.2, 0.25) is 5.91 Å². The summed E-state index contributed by atoms with van der Waals surface area (Å²) in [7, 11) is 0. The number of aryl methyl sites for hydroxylation is 1. The van der Waals surface area contributed by atoms with E-state index in [0.717, 1.165) is 17.5 Å². The number of ether oxygens (including phenoxy) is 1. The van der Waals surface area contributed by atoms with Crippen molar-refractivity contribution in [2.75, 3.05) is 13.2 Å². The average Bonchev–Trinajstić information content (AvgIpc) is 2.71. The molecule has 0 aliphatic carbocycles. The molecule has 0 saturated carbocycles. The average molecular weight is 400 g/mol. The van der Waals surface area contributed by atoms with Crippen molar-refractivity contribution in [2.24, 2.45) is 0 Å². The zero-order valence-electron chi connectivity index (χ0n) is 17.3. The van der Waals surface area contributed by atoms with Crippen molar-refractivity contribution in [1.29, 1.82) is 0 Å². The van der Waals surface area contributed by atoms with E-state index in [9.17, 15) is 14.0 Å². The van der Waals surface area contributed by atoms with Crippen molar-refractivity contribution in [2.45, 2.75) is 46.2 Å². The van der Waals surface area contributed by atoms with Crippen LogP contribution in [0.4, 0.5) is 4.39 Å². The first-order valence-corrected chi connectivity index (χ1v) is 9.96. The Kier molecular flexibility index (Phi) is 8.65. The van der Waals surface area contributed by atoms with Gasteiger partial charge in [-0.25, -0.2) is 4.39 Å². The first-order chi connectivity index (χ1) is 14.0. The van der Waals surface area contributed by atoms with Crippen molar-refractivity contribution in [1.82, 2.24) is 10.2 Å². The van der Waals surface area contributed by atoms with E-state index >= 15 is 0 Å². The largest absolute Gasteiger partial charge is 0.481 e. The van der Waals surface area contributed by atoms with Crippen LogP contribution in [0.3, 0.4) is 0 Å². The second-order valence-electron chi connectivity index (χ2n) is 6.94. The summed E-state index contributed by atoms with van der Waals surface area (Å²) in [5, 5.41) is 2.87. The summed E-state index contributed by atoms with van der Waals surface area (Å²) in [6, 6.07) is 13.1. The van der Waals surface area contributed by atoms with Gasteiger partial charge < -0.3 is 15.0 Å². The van der Waals surface area contributed by atoms with E-state index in [1.807, 2.05) is 45.0 Å². The second-order valence-corrected chi connectivity index (χ2v) is 6.94. The number of amides is 2. The lowest BCUT2D eigenvalue weighted by Crippen LogP contribution is -2.50. The van der Waals surface area contributed by atoms with Gasteiger partial charge in [-0.1, -0.05) is 55.8 Å². The Bertz CT molecular complexity index is 825. The Hall–Kier alpha value is -2.89. The molecule has 0 spiro atoms. The van der Waals surface area contributed by atoms with E-state index in [1.165, 1.54) is 17.0 Å². The van der Waals surface area contributed by atoms with Gasteiger partial charge in [-0.15, -0.1) is 0 Å². The topological polar surface area (TPSA) is 58.6 Å². The monoisotopic (exact) mass is 400 g/mol. The molecule has 6 heteroatoms. The van der Waals surface area contributed by atoms with Gasteiger partial charge in [-0.2, -0.15) is 0 Å². The zero-order chi connectivity index (χ0) is 21.2. The highest BCUT2D eigenvalue weighted by molar-refractivity contribution is 5.88. The van der Waals surface area contributed by atoms with Crippen LogP contribution in [-0.4, -0.2) is 35.9 Å². The predicted molar refractivity (Wildman–Crippen MR) is 111 cm³/mol. The van der Waals surface area contributed by atoms with E-state index in [4.69, 9.17) is 4.74 Å². The molecule has 5 nitrogen and oxygen atoms in total. The fourth-order valence-corrected chi connectivity index (χ4v) is 3.08. The number of nitrogens with zero attached hydrogens (tertiary/aromatic N) is 1. The Labute approximate surface area is 171 Å². The highest BCUT2D eigenvalue weighted by Gasteiger charge is 2.28. The summed E-state index contributed by atoms with van der Waals surface area (Å²) in [4.78, 5) is 27.2. The molecule has 1 atom stereocenters. The molecular weight excluding hydrogens is 371 g/mol. The quantitative estimate of drug-likeness (QED) is 0.659. The number of hydrogen-bond acceptors (Lipinski definition) is 3. The van der Waals surface area contributed by atoms with Gasteiger partial charge in [-0.3, -0.25) is 9.59 Å². The smallest absolute Gasteiger partial charge is 0.261 e. The van der Waals surface area contributed by atoms with Crippen molar-refractivity contribution in [3.05, 3.63) is 65.5 Å². The van der Waals surface area contributed by atoms with Crippen LogP contribution in [0.2, 0.25) is 0 Å². The number of carbonyl (C=O) groups is 2. The van der Waals surface area contributed by atoms with Crippen molar-refractivity contribution in [3.8, 4) is 5.75 Å². The fourth-order valence-electron chi connectivity index (χ4n) is 3.08. The lowest BCUT2D eigenvalue weighted by Gasteiger charge is -2.30. The van der Waals surface area contributed by atoms with Crippen LogP contribution in [-0.2, 0) is 16.1 Å². The third-order valence-electron chi connectivity index (χ3n) is 4.56. The molecule has 156 valence electrons. The van der Waals surface area contributed by atoms with Gasteiger partial charge >= 0.3 is 0 Å². The van der Waals surface area contributed by atoms with E-state index in [0.29, 0.717) is 13.0 Å². The summed E-state index contributed by atoms with van der Waals surface area (Å²) in [5.74, 6) is -1.08. The molecule has 0 saturated heterocycles. The molecule has 2 rings (SSSR count). The Morgan fingerprint density at radius 1 is 1.14 bits per heavy atom. The second kappa shape index (κ2) is 11.2. The number of hydrogen-bond donors (Lipinski definition) is 1. The van der Waals surface area contributed by atoms with Gasteiger partial charge in [0.1, 0.15) is 6.04 Å². The standard InChI is InChI=1S/C23H29FN2O3/c1-4-13-25-23(28)20(5-2)26(15-18-10-8-9-17(3)14-18)22(27)16-29-21-12-7-6-11-19(21)24/h6-12,14,20H,4-5,13,15-16H2,1-3H3,(H,25,28)/t20-/m1/s1. The molecule has 2 amide bonds. The molecule has 0 fully saturated rings. The fraction of sp³-hybridized carbons (Fsp3) is 0.391. The van der Waals surface area contributed by atoms with Gasteiger partial charge in [0.15, 0.2) is 18.2 Å². The number of halogens is 1. The van der Waals surface area contributed by atoms with E-state index in [-0.39, 0.29) is 30.7 Å². The third-order valence-corrected chi connectivity index (χ3v) is 4.56. The molecule has 0 heterocycles. The van der Waals surface area contributed by atoms with E-state index in [2.05, 4.69) is 5.32 Å². The maximum absolute atomic E-state index is 13.8. The normalized spacial score (nSPS) is 11.6. The minimum absolute atomic E-state index is 0.0137. The minimum atomic E-state index is -0.626. The lowest BCUT2D eigenvalue weighted by molar-refractivity contribution is -0.143. The molecule has 0 aromatic heterocycles. The van der Waals surface area contributed by atoms with Crippen LogP contribution in [0.15, 0.2) is 48.5 Å². The third kappa shape index (κ3) is 6.59. The van der Waals surface area contributed by atoms with Gasteiger partial charge in [0.05, 0.1) is 0 Å². The zero-order valence-corrected chi connectivity index (χ0v) is 17.3. The number of rotatable bonds is 10. The maximum atomic E-state index is 13.8. The molecule has 0 aliphatic heterocycles. The predicted octanol–water partition coefficient (Wildman–Crippen LogP) is 3.85. The molecule has 1 N–H and O–H groups in total. The van der Waals surface area contributed by atoms with Crippen LogP contribution >= 0.6 is 0 Å². The molecule has 0 unspecified atom stereocenters. The van der Waals surface area contributed by atoms with Crippen molar-refractivity contribution < 1.29 is 18.7 Å².